The van der Waals surface area contributed by atoms with Crippen LogP contribution in [-0.4, -0.2) is 19.8 Å². The van der Waals surface area contributed by atoms with Gasteiger partial charge < -0.3 is 19.5 Å². The van der Waals surface area contributed by atoms with Crippen molar-refractivity contribution in [2.45, 2.75) is 39.3 Å². The Morgan fingerprint density at radius 2 is 2.08 bits per heavy atom. The summed E-state index contributed by atoms with van der Waals surface area (Å²) in [6.45, 7) is 6.80. The van der Waals surface area contributed by atoms with E-state index in [2.05, 4.69) is 25.2 Å². The highest BCUT2D eigenvalue weighted by Crippen LogP contribution is 2.32. The van der Waals surface area contributed by atoms with Crippen LogP contribution in [0.3, 0.4) is 0 Å². The number of ether oxygens (including phenoxy) is 3. The molecule has 1 atom stereocenters. The van der Waals surface area contributed by atoms with Gasteiger partial charge in [0.2, 0.25) is 0 Å². The molecule has 1 heterocycles. The van der Waals surface area contributed by atoms with Crippen LogP contribution in [0.2, 0.25) is 0 Å². The lowest BCUT2D eigenvalue weighted by Gasteiger charge is -2.25. The number of hydrogen-bond donors (Lipinski definition) is 1. The van der Waals surface area contributed by atoms with E-state index in [0.29, 0.717) is 18.2 Å². The molecule has 2 aromatic carbocycles. The van der Waals surface area contributed by atoms with Crippen molar-refractivity contribution < 1.29 is 19.0 Å². The Morgan fingerprint density at radius 3 is 2.81 bits per heavy atom. The van der Waals surface area contributed by atoms with Crippen LogP contribution in [-0.2, 0) is 16.1 Å². The first kappa shape index (κ1) is 18.3. The molecule has 2 aromatic rings. The summed E-state index contributed by atoms with van der Waals surface area (Å²) in [6.07, 6.45) is -0.650. The molecular weight excluding hydrogens is 330 g/mol. The number of para-hydroxylation sites is 1. The molecule has 0 saturated carbocycles. The zero-order valence-corrected chi connectivity index (χ0v) is 15.7. The van der Waals surface area contributed by atoms with Gasteiger partial charge in [0.15, 0.2) is 12.9 Å². The summed E-state index contributed by atoms with van der Waals surface area (Å²) < 4.78 is 16.4. The van der Waals surface area contributed by atoms with Crippen LogP contribution in [0.4, 0.5) is 0 Å². The Labute approximate surface area is 154 Å². The molecule has 5 nitrogen and oxygen atoms in total. The summed E-state index contributed by atoms with van der Waals surface area (Å²) in [5.41, 5.74) is 4.05. The number of methoxy groups -OCH3 is 1. The number of hydrogen-bond acceptors (Lipinski definition) is 4. The smallest absolute Gasteiger partial charge is 0.254 e. The predicted molar refractivity (Wildman–Crippen MR) is 99.4 cm³/mol. The van der Waals surface area contributed by atoms with E-state index in [4.69, 9.17) is 14.2 Å². The van der Waals surface area contributed by atoms with E-state index in [1.54, 1.807) is 7.11 Å². The summed E-state index contributed by atoms with van der Waals surface area (Å²) in [5.74, 6) is 1.75. The second-order valence-electron chi connectivity index (χ2n) is 6.74. The minimum atomic E-state index is -0.650. The number of amides is 1. The normalized spacial score (nSPS) is 16.0. The second kappa shape index (κ2) is 7.79. The first-order valence-electron chi connectivity index (χ1n) is 8.79. The minimum absolute atomic E-state index is 0.0775. The fourth-order valence-electron chi connectivity index (χ4n) is 3.14. The Hall–Kier alpha value is -2.53. The number of carbonyl (C=O) groups excluding carboxylic acids is 1. The van der Waals surface area contributed by atoms with Crippen LogP contribution >= 0.6 is 0 Å². The first-order valence-corrected chi connectivity index (χ1v) is 8.79. The van der Waals surface area contributed by atoms with E-state index in [0.717, 1.165) is 28.0 Å². The lowest BCUT2D eigenvalue weighted by Crippen LogP contribution is -2.33. The van der Waals surface area contributed by atoms with Crippen molar-refractivity contribution in [3.05, 3.63) is 58.7 Å². The maximum atomic E-state index is 12.7. The number of carbonyl (C=O) groups is 1. The lowest BCUT2D eigenvalue weighted by molar-refractivity contribution is -0.142. The third-order valence-electron chi connectivity index (χ3n) is 4.65. The summed E-state index contributed by atoms with van der Waals surface area (Å²) in [7, 11) is 1.68. The van der Waals surface area contributed by atoms with Crippen molar-refractivity contribution in [2.75, 3.05) is 13.9 Å². The van der Waals surface area contributed by atoms with E-state index in [-0.39, 0.29) is 12.7 Å². The van der Waals surface area contributed by atoms with Crippen molar-refractivity contribution >= 4 is 5.91 Å². The summed E-state index contributed by atoms with van der Waals surface area (Å²) in [5, 5.41) is 2.99. The Bertz CT molecular complexity index is 801. The molecule has 26 heavy (non-hydrogen) atoms. The highest BCUT2D eigenvalue weighted by molar-refractivity contribution is 5.83. The lowest BCUT2D eigenvalue weighted by atomic mass is 9.96. The van der Waals surface area contributed by atoms with Gasteiger partial charge in [-0.05, 0) is 47.7 Å². The fourth-order valence-corrected chi connectivity index (χ4v) is 3.14. The summed E-state index contributed by atoms with van der Waals surface area (Å²) >= 11 is 0. The third kappa shape index (κ3) is 3.68. The average molecular weight is 355 g/mol. The van der Waals surface area contributed by atoms with Gasteiger partial charge in [0, 0.05) is 12.1 Å². The Morgan fingerprint density at radius 1 is 1.31 bits per heavy atom. The monoisotopic (exact) mass is 355 g/mol. The molecule has 1 unspecified atom stereocenters. The molecule has 0 spiro atoms. The van der Waals surface area contributed by atoms with Crippen LogP contribution in [0, 0.1) is 6.92 Å². The van der Waals surface area contributed by atoms with E-state index in [9.17, 15) is 4.79 Å². The van der Waals surface area contributed by atoms with Crippen molar-refractivity contribution in [1.29, 1.82) is 0 Å². The molecular formula is C21H25NO4. The van der Waals surface area contributed by atoms with Crippen LogP contribution in [0.1, 0.15) is 48.1 Å². The quantitative estimate of drug-likeness (QED) is 0.885. The number of nitrogens with one attached hydrogen (secondary N) is 1. The number of aryl methyl sites for hydroxylation is 1. The fraction of sp³-hybridized carbons (Fsp3) is 0.381. The molecule has 1 aliphatic heterocycles. The zero-order chi connectivity index (χ0) is 18.7. The van der Waals surface area contributed by atoms with Crippen LogP contribution in [0.25, 0.3) is 0 Å². The zero-order valence-electron chi connectivity index (χ0n) is 15.7. The van der Waals surface area contributed by atoms with Crippen molar-refractivity contribution in [2.24, 2.45) is 0 Å². The standard InChI is InChI=1S/C21H25NO4/c1-13(2)17-10-15(14(3)9-19(17)24-4)11-22-21(23)20-16-7-5-6-8-18(16)25-12-26-20/h5-10,13,20H,11-12H2,1-4H3,(H,22,23). The molecule has 1 N–H and O–H groups in total. The average Bonchev–Trinajstić information content (AvgIpc) is 2.65. The number of fused-ring (bicyclic) bond motifs is 1. The topological polar surface area (TPSA) is 56.8 Å². The van der Waals surface area contributed by atoms with Gasteiger partial charge in [-0.3, -0.25) is 4.79 Å². The SMILES string of the molecule is COc1cc(C)c(CNC(=O)C2OCOc3ccccc32)cc1C(C)C. The van der Waals surface area contributed by atoms with E-state index < -0.39 is 6.10 Å². The molecule has 0 radical (unpaired) electrons. The molecule has 138 valence electrons. The molecule has 5 heteroatoms. The first-order chi connectivity index (χ1) is 12.5. The van der Waals surface area contributed by atoms with Gasteiger partial charge in [-0.1, -0.05) is 32.0 Å². The molecule has 3 rings (SSSR count). The van der Waals surface area contributed by atoms with Gasteiger partial charge in [0.05, 0.1) is 7.11 Å². The van der Waals surface area contributed by atoms with Crippen molar-refractivity contribution in [3.63, 3.8) is 0 Å². The summed E-state index contributed by atoms with van der Waals surface area (Å²) in [4.78, 5) is 12.7. The minimum Gasteiger partial charge on any atom is -0.496 e. The van der Waals surface area contributed by atoms with E-state index >= 15 is 0 Å². The summed E-state index contributed by atoms with van der Waals surface area (Å²) in [6, 6.07) is 11.6. The highest BCUT2D eigenvalue weighted by atomic mass is 16.7. The van der Waals surface area contributed by atoms with Crippen molar-refractivity contribution in [3.8, 4) is 11.5 Å². The van der Waals surface area contributed by atoms with Gasteiger partial charge in [0.1, 0.15) is 11.5 Å². The van der Waals surface area contributed by atoms with Gasteiger partial charge in [-0.15, -0.1) is 0 Å². The highest BCUT2D eigenvalue weighted by Gasteiger charge is 2.28. The van der Waals surface area contributed by atoms with Gasteiger partial charge in [-0.2, -0.15) is 0 Å². The second-order valence-corrected chi connectivity index (χ2v) is 6.74. The number of benzene rings is 2. The molecule has 0 aliphatic carbocycles. The number of rotatable bonds is 5. The largest absolute Gasteiger partial charge is 0.496 e. The molecule has 1 amide bonds. The van der Waals surface area contributed by atoms with Crippen LogP contribution in [0.15, 0.2) is 36.4 Å². The van der Waals surface area contributed by atoms with Crippen LogP contribution < -0.4 is 14.8 Å². The van der Waals surface area contributed by atoms with Crippen LogP contribution in [0.5, 0.6) is 11.5 Å². The van der Waals surface area contributed by atoms with E-state index in [1.165, 1.54) is 0 Å². The molecule has 0 saturated heterocycles. The molecule has 1 aliphatic rings. The van der Waals surface area contributed by atoms with Crippen molar-refractivity contribution in [1.82, 2.24) is 5.32 Å². The van der Waals surface area contributed by atoms with Gasteiger partial charge >= 0.3 is 0 Å². The van der Waals surface area contributed by atoms with E-state index in [1.807, 2.05) is 37.3 Å². The van der Waals surface area contributed by atoms with Gasteiger partial charge in [-0.25, -0.2) is 0 Å². The molecule has 0 aromatic heterocycles. The third-order valence-corrected chi connectivity index (χ3v) is 4.65. The maximum absolute atomic E-state index is 12.7. The Kier molecular flexibility index (Phi) is 5.47. The predicted octanol–water partition coefficient (Wildman–Crippen LogP) is 3.85. The molecule has 0 fully saturated rings. The Balaban J connectivity index is 1.75. The maximum Gasteiger partial charge on any atom is 0.254 e. The molecule has 0 bridgehead atoms. The van der Waals surface area contributed by atoms with Gasteiger partial charge in [0.25, 0.3) is 5.91 Å².